The summed E-state index contributed by atoms with van der Waals surface area (Å²) in [4.78, 5) is 11.6. The minimum atomic E-state index is -3.27. The predicted octanol–water partition coefficient (Wildman–Crippen LogP) is 0.0103. The van der Waals surface area contributed by atoms with E-state index in [0.29, 0.717) is 6.42 Å². The van der Waals surface area contributed by atoms with Gasteiger partial charge in [0.25, 0.3) is 5.91 Å². The first-order chi connectivity index (χ1) is 7.83. The van der Waals surface area contributed by atoms with Crippen molar-refractivity contribution in [2.24, 2.45) is 21.2 Å². The molecule has 0 fully saturated rings. The van der Waals surface area contributed by atoms with Crippen LogP contribution in [-0.4, -0.2) is 26.4 Å². The molecule has 1 aromatic heterocycles. The van der Waals surface area contributed by atoms with Crippen molar-refractivity contribution in [1.29, 1.82) is 0 Å². The molecule has 8 heteroatoms. The summed E-state index contributed by atoms with van der Waals surface area (Å²) >= 11 is 0. The molecule has 0 spiro atoms. The quantitative estimate of drug-likeness (QED) is 0.703. The van der Waals surface area contributed by atoms with Crippen LogP contribution in [0.25, 0.3) is 0 Å². The zero-order valence-electron chi connectivity index (χ0n) is 9.79. The Balaban J connectivity index is 2.89. The van der Waals surface area contributed by atoms with Crippen LogP contribution in [0.4, 0.5) is 0 Å². The van der Waals surface area contributed by atoms with Crippen molar-refractivity contribution in [2.75, 3.05) is 0 Å². The zero-order valence-corrected chi connectivity index (χ0v) is 10.6. The molecule has 96 valence electrons. The summed E-state index contributed by atoms with van der Waals surface area (Å²) in [6.07, 6.45) is 1.86. The van der Waals surface area contributed by atoms with Gasteiger partial charge in [-0.15, -0.1) is 4.36 Å². The first-order valence-corrected chi connectivity index (χ1v) is 6.74. The molecule has 2 atom stereocenters. The number of nitrogens with zero attached hydrogens (tertiary/aromatic N) is 2. The van der Waals surface area contributed by atoms with Gasteiger partial charge >= 0.3 is 0 Å². The fourth-order valence-electron chi connectivity index (χ4n) is 1.27. The third-order valence-electron chi connectivity index (χ3n) is 2.06. The molecule has 0 saturated heterocycles. The van der Waals surface area contributed by atoms with Gasteiger partial charge < -0.3 is 5.73 Å². The van der Waals surface area contributed by atoms with Gasteiger partial charge in [0, 0.05) is 0 Å². The van der Waals surface area contributed by atoms with Gasteiger partial charge in [0.15, 0.2) is 9.92 Å². The van der Waals surface area contributed by atoms with Crippen molar-refractivity contribution >= 4 is 15.8 Å². The number of hydrogen-bond acceptors (Lipinski definition) is 4. The minimum absolute atomic E-state index is 0.114. The summed E-state index contributed by atoms with van der Waals surface area (Å²) < 4.78 is 15.4. The molecule has 0 bridgehead atoms. The molecule has 0 radical (unpaired) electrons. The monoisotopic (exact) mass is 259 g/mol. The number of hydrogen-bond donors (Lipinski definition) is 3. The smallest absolute Gasteiger partial charge is 0.271 e. The Morgan fingerprint density at radius 2 is 2.29 bits per heavy atom. The van der Waals surface area contributed by atoms with Crippen molar-refractivity contribution in [3.8, 4) is 0 Å². The van der Waals surface area contributed by atoms with Crippen molar-refractivity contribution in [3.63, 3.8) is 0 Å². The highest BCUT2D eigenvalue weighted by Gasteiger charge is 2.18. The van der Waals surface area contributed by atoms with Crippen molar-refractivity contribution < 1.29 is 9.00 Å². The van der Waals surface area contributed by atoms with E-state index in [2.05, 4.69) is 14.6 Å². The Hall–Kier alpha value is -1.25. The number of aromatic nitrogens is 2. The summed E-state index contributed by atoms with van der Waals surface area (Å²) in [6, 6.07) is 0.634. The van der Waals surface area contributed by atoms with Gasteiger partial charge in [-0.25, -0.2) is 9.35 Å². The molecule has 1 rings (SSSR count). The van der Waals surface area contributed by atoms with E-state index in [0.717, 1.165) is 0 Å². The Morgan fingerprint density at radius 1 is 1.65 bits per heavy atom. The van der Waals surface area contributed by atoms with E-state index in [1.807, 2.05) is 13.8 Å². The topological polar surface area (TPSA) is 127 Å². The van der Waals surface area contributed by atoms with E-state index in [-0.39, 0.29) is 10.9 Å². The number of nitrogens with two attached hydrogens (primary N) is 2. The number of rotatable bonds is 4. The molecule has 17 heavy (non-hydrogen) atoms. The summed E-state index contributed by atoms with van der Waals surface area (Å²) in [6.45, 7) is 3.86. The predicted molar refractivity (Wildman–Crippen MR) is 64.0 cm³/mol. The average Bonchev–Trinajstić information content (AvgIpc) is 2.68. The Bertz CT molecular complexity index is 487. The van der Waals surface area contributed by atoms with E-state index in [4.69, 9.17) is 10.9 Å². The van der Waals surface area contributed by atoms with Crippen LogP contribution in [0.2, 0.25) is 0 Å². The molecule has 0 aliphatic carbocycles. The molecule has 0 saturated carbocycles. The number of H-pyrrole nitrogens is 1. The maximum Gasteiger partial charge on any atom is 0.271 e. The zero-order chi connectivity index (χ0) is 13.1. The van der Waals surface area contributed by atoms with Crippen LogP contribution in [-0.2, 0) is 14.7 Å². The molecular formula is C9H17N5O2S. The second-order valence-electron chi connectivity index (χ2n) is 4.16. The molecule has 0 aliphatic rings. The lowest BCUT2D eigenvalue weighted by molar-refractivity contribution is -0.119. The molecule has 1 unspecified atom stereocenters. The number of carbonyl (C=O) groups excluding carboxylic acids is 1. The highest BCUT2D eigenvalue weighted by molar-refractivity contribution is 7.91. The number of nitrogens with one attached hydrogen (secondary N) is 1. The summed E-state index contributed by atoms with van der Waals surface area (Å²) in [5, 5.41) is 11.6. The number of amides is 1. The lowest BCUT2D eigenvalue weighted by atomic mass is 10.0. The largest absolute Gasteiger partial charge is 0.320 e. The average molecular weight is 259 g/mol. The Labute approximate surface area is 100 Å². The summed E-state index contributed by atoms with van der Waals surface area (Å²) in [5.41, 5.74) is 5.63. The molecule has 7 nitrogen and oxygen atoms in total. The van der Waals surface area contributed by atoms with Gasteiger partial charge in [-0.05, 0) is 18.4 Å². The van der Waals surface area contributed by atoms with Crippen molar-refractivity contribution in [1.82, 2.24) is 10.2 Å². The maximum absolute atomic E-state index is 11.9. The first kappa shape index (κ1) is 13.8. The van der Waals surface area contributed by atoms with Crippen LogP contribution in [0.15, 0.2) is 21.7 Å². The highest BCUT2D eigenvalue weighted by Crippen LogP contribution is 2.08. The van der Waals surface area contributed by atoms with E-state index >= 15 is 0 Å². The van der Waals surface area contributed by atoms with Crippen molar-refractivity contribution in [2.45, 2.75) is 31.3 Å². The fourth-order valence-corrected chi connectivity index (χ4v) is 2.21. The van der Waals surface area contributed by atoms with Gasteiger partial charge in [0.1, 0.15) is 5.03 Å². The third kappa shape index (κ3) is 3.91. The van der Waals surface area contributed by atoms with Gasteiger partial charge in [-0.2, -0.15) is 5.10 Å². The molecule has 0 aliphatic heterocycles. The standard InChI is InChI=1S/C9H17N5O2S/c1-6(2)5-7(10)9(15)14-17(11,16)8-3-4-12-13-8/h3-4,6-7H,5,10H2,1-2H3,(H,12,13)(H2,11,14,15,16)/t7-,17?/m0/s1. The third-order valence-corrected chi connectivity index (χ3v) is 3.37. The Morgan fingerprint density at radius 3 is 2.76 bits per heavy atom. The maximum atomic E-state index is 11.9. The van der Waals surface area contributed by atoms with Crippen LogP contribution >= 0.6 is 0 Å². The van der Waals surface area contributed by atoms with Crippen LogP contribution < -0.4 is 10.9 Å². The van der Waals surface area contributed by atoms with Crippen LogP contribution in [0.3, 0.4) is 0 Å². The summed E-state index contributed by atoms with van der Waals surface area (Å²) in [5.74, 6) is -0.397. The van der Waals surface area contributed by atoms with Crippen LogP contribution in [0, 0.1) is 5.92 Å². The molecule has 1 heterocycles. The Kier molecular flexibility index (Phi) is 4.38. The summed E-state index contributed by atoms with van der Waals surface area (Å²) in [7, 11) is -3.27. The molecule has 1 aromatic rings. The van der Waals surface area contributed by atoms with Gasteiger partial charge in [0.05, 0.1) is 12.2 Å². The second-order valence-corrected chi connectivity index (χ2v) is 5.91. The first-order valence-electron chi connectivity index (χ1n) is 5.16. The van der Waals surface area contributed by atoms with Gasteiger partial charge in [0.2, 0.25) is 0 Å². The van der Waals surface area contributed by atoms with E-state index in [9.17, 15) is 9.00 Å². The SMILES string of the molecule is CC(C)C[C@H](N)C(=O)N=S(N)(=O)c1ccn[nH]1. The van der Waals surface area contributed by atoms with E-state index < -0.39 is 21.9 Å². The van der Waals surface area contributed by atoms with Crippen molar-refractivity contribution in [3.05, 3.63) is 12.3 Å². The second kappa shape index (κ2) is 5.39. The minimum Gasteiger partial charge on any atom is -0.320 e. The number of aromatic amines is 1. The molecule has 5 N–H and O–H groups in total. The fraction of sp³-hybridized carbons (Fsp3) is 0.556. The molecule has 0 aromatic carbocycles. The number of carbonyl (C=O) groups is 1. The lowest BCUT2D eigenvalue weighted by Gasteiger charge is -2.10. The van der Waals surface area contributed by atoms with E-state index in [1.54, 1.807) is 0 Å². The van der Waals surface area contributed by atoms with Gasteiger partial charge in [-0.1, -0.05) is 13.8 Å². The molecule has 1 amide bonds. The van der Waals surface area contributed by atoms with Crippen LogP contribution in [0.5, 0.6) is 0 Å². The molecular weight excluding hydrogens is 242 g/mol. The van der Waals surface area contributed by atoms with Gasteiger partial charge in [-0.3, -0.25) is 9.89 Å². The lowest BCUT2D eigenvalue weighted by Crippen LogP contribution is -2.32. The highest BCUT2D eigenvalue weighted by atomic mass is 32.2. The van der Waals surface area contributed by atoms with E-state index in [1.165, 1.54) is 12.3 Å². The normalized spacial score (nSPS) is 16.5. The van der Waals surface area contributed by atoms with Crippen LogP contribution in [0.1, 0.15) is 20.3 Å².